The predicted molar refractivity (Wildman–Crippen MR) is 58.3 cm³/mol. The fourth-order valence-corrected chi connectivity index (χ4v) is 1.05. The molecule has 0 amide bonds. The van der Waals surface area contributed by atoms with Gasteiger partial charge in [-0.2, -0.15) is 5.26 Å². The van der Waals surface area contributed by atoms with Gasteiger partial charge in [0.1, 0.15) is 11.9 Å². The molecule has 15 heavy (non-hydrogen) atoms. The molecular weight excluding hydrogens is 192 g/mol. The van der Waals surface area contributed by atoms with Crippen molar-refractivity contribution in [1.29, 1.82) is 5.26 Å². The Balaban J connectivity index is 2.52. The zero-order valence-corrected chi connectivity index (χ0v) is 8.66. The van der Waals surface area contributed by atoms with Crippen LogP contribution in [0.1, 0.15) is 12.6 Å². The van der Waals surface area contributed by atoms with Crippen molar-refractivity contribution in [3.63, 3.8) is 0 Å². The maximum Gasteiger partial charge on any atom is 0.165 e. The van der Waals surface area contributed by atoms with Crippen molar-refractivity contribution in [3.8, 4) is 6.07 Å². The van der Waals surface area contributed by atoms with Gasteiger partial charge in [0.2, 0.25) is 0 Å². The van der Waals surface area contributed by atoms with E-state index in [1.165, 1.54) is 0 Å². The van der Waals surface area contributed by atoms with Crippen LogP contribution in [0.15, 0.2) is 12.1 Å². The number of rotatable bonds is 5. The van der Waals surface area contributed by atoms with Gasteiger partial charge in [0.15, 0.2) is 5.69 Å². The lowest BCUT2D eigenvalue weighted by Crippen LogP contribution is -2.10. The highest BCUT2D eigenvalue weighted by atomic mass is 16.5. The molecule has 1 heterocycles. The molecule has 0 aliphatic rings. The minimum Gasteiger partial charge on any atom is -0.396 e. The predicted octanol–water partition coefficient (Wildman–Crippen LogP) is 0.984. The van der Waals surface area contributed by atoms with Crippen molar-refractivity contribution in [2.24, 2.45) is 0 Å². The first-order valence-electron chi connectivity index (χ1n) is 4.76. The molecule has 1 aromatic heterocycles. The molecule has 1 rings (SSSR count). The minimum atomic E-state index is 0.247. The summed E-state index contributed by atoms with van der Waals surface area (Å²) in [6.45, 7) is 3.91. The molecule has 0 unspecified atom stereocenters. The Hall–Kier alpha value is -1.80. The van der Waals surface area contributed by atoms with Crippen LogP contribution in [0.2, 0.25) is 0 Å². The number of hydrogen-bond donors (Lipinski definition) is 2. The van der Waals surface area contributed by atoms with E-state index in [0.717, 1.165) is 0 Å². The number of ether oxygens (including phenoxy) is 1. The van der Waals surface area contributed by atoms with Gasteiger partial charge in [-0.25, -0.2) is 4.98 Å². The maximum absolute atomic E-state index is 8.71. The third kappa shape index (κ3) is 3.44. The van der Waals surface area contributed by atoms with E-state index in [1.807, 2.05) is 13.0 Å². The van der Waals surface area contributed by atoms with Crippen LogP contribution in [-0.4, -0.2) is 24.7 Å². The third-order valence-corrected chi connectivity index (χ3v) is 1.79. The van der Waals surface area contributed by atoms with E-state index in [2.05, 4.69) is 10.3 Å². The van der Waals surface area contributed by atoms with Crippen molar-refractivity contribution in [2.45, 2.75) is 6.92 Å². The van der Waals surface area contributed by atoms with E-state index in [0.29, 0.717) is 31.3 Å². The average molecular weight is 206 g/mol. The van der Waals surface area contributed by atoms with E-state index in [1.54, 1.807) is 12.1 Å². The van der Waals surface area contributed by atoms with E-state index < -0.39 is 0 Å². The Labute approximate surface area is 88.9 Å². The Morgan fingerprint density at radius 1 is 1.60 bits per heavy atom. The van der Waals surface area contributed by atoms with Gasteiger partial charge in [-0.15, -0.1) is 0 Å². The van der Waals surface area contributed by atoms with Crippen LogP contribution >= 0.6 is 0 Å². The van der Waals surface area contributed by atoms with E-state index in [4.69, 9.17) is 15.7 Å². The molecule has 3 N–H and O–H groups in total. The molecule has 0 saturated heterocycles. The molecule has 5 heteroatoms. The molecule has 0 aliphatic carbocycles. The summed E-state index contributed by atoms with van der Waals surface area (Å²) in [5.74, 6) is 0.639. The molecule has 0 atom stereocenters. The van der Waals surface area contributed by atoms with Gasteiger partial charge in [-0.3, -0.25) is 0 Å². The van der Waals surface area contributed by atoms with Crippen LogP contribution in [0.5, 0.6) is 0 Å². The molecule has 0 saturated carbocycles. The van der Waals surface area contributed by atoms with Gasteiger partial charge < -0.3 is 15.8 Å². The Morgan fingerprint density at radius 3 is 3.07 bits per heavy atom. The summed E-state index contributed by atoms with van der Waals surface area (Å²) in [7, 11) is 0. The molecule has 0 radical (unpaired) electrons. The van der Waals surface area contributed by atoms with Gasteiger partial charge in [-0.05, 0) is 19.1 Å². The third-order valence-electron chi connectivity index (χ3n) is 1.79. The first-order chi connectivity index (χ1) is 7.27. The molecule has 0 fully saturated rings. The van der Waals surface area contributed by atoms with Crippen LogP contribution in [0, 0.1) is 11.3 Å². The van der Waals surface area contributed by atoms with Crippen LogP contribution in [0.4, 0.5) is 11.5 Å². The second-order valence-electron chi connectivity index (χ2n) is 2.87. The van der Waals surface area contributed by atoms with Crippen LogP contribution in [-0.2, 0) is 4.74 Å². The zero-order valence-electron chi connectivity index (χ0n) is 8.66. The van der Waals surface area contributed by atoms with Gasteiger partial charge in [0.25, 0.3) is 0 Å². The fourth-order valence-electron chi connectivity index (χ4n) is 1.05. The van der Waals surface area contributed by atoms with Gasteiger partial charge in [-0.1, -0.05) is 0 Å². The normalized spacial score (nSPS) is 9.60. The van der Waals surface area contributed by atoms with Crippen molar-refractivity contribution >= 4 is 11.5 Å². The first kappa shape index (κ1) is 11.3. The van der Waals surface area contributed by atoms with Gasteiger partial charge >= 0.3 is 0 Å². The number of nitrogens with one attached hydrogen (secondary N) is 1. The summed E-state index contributed by atoms with van der Waals surface area (Å²) in [5.41, 5.74) is 6.18. The minimum absolute atomic E-state index is 0.247. The number of nitriles is 1. The fraction of sp³-hybridized carbons (Fsp3) is 0.400. The monoisotopic (exact) mass is 206 g/mol. The lowest BCUT2D eigenvalue weighted by Gasteiger charge is -2.06. The van der Waals surface area contributed by atoms with E-state index >= 15 is 0 Å². The van der Waals surface area contributed by atoms with E-state index in [-0.39, 0.29) is 5.69 Å². The molecule has 1 aromatic rings. The second-order valence-corrected chi connectivity index (χ2v) is 2.87. The van der Waals surface area contributed by atoms with Crippen molar-refractivity contribution in [2.75, 3.05) is 30.8 Å². The highest BCUT2D eigenvalue weighted by Gasteiger charge is 2.00. The Morgan fingerprint density at radius 2 is 2.40 bits per heavy atom. The number of hydrogen-bond acceptors (Lipinski definition) is 5. The molecule has 0 aliphatic heterocycles. The maximum atomic E-state index is 8.71. The van der Waals surface area contributed by atoms with Crippen molar-refractivity contribution in [1.82, 2.24) is 4.98 Å². The quantitative estimate of drug-likeness (QED) is 0.702. The topological polar surface area (TPSA) is 84.0 Å². The van der Waals surface area contributed by atoms with Crippen LogP contribution in [0.3, 0.4) is 0 Å². The SMILES string of the molecule is CCOCCNc1ccc(N)c(C#N)n1. The number of nitrogens with two attached hydrogens (primary N) is 1. The van der Waals surface area contributed by atoms with Crippen LogP contribution in [0.25, 0.3) is 0 Å². The number of nitrogen functional groups attached to an aromatic ring is 1. The lowest BCUT2D eigenvalue weighted by molar-refractivity contribution is 0.158. The highest BCUT2D eigenvalue weighted by Crippen LogP contribution is 2.11. The van der Waals surface area contributed by atoms with Crippen molar-refractivity contribution < 1.29 is 4.74 Å². The smallest absolute Gasteiger partial charge is 0.165 e. The molecule has 0 bridgehead atoms. The molecule has 5 nitrogen and oxygen atoms in total. The summed E-state index contributed by atoms with van der Waals surface area (Å²) >= 11 is 0. The van der Waals surface area contributed by atoms with Crippen LogP contribution < -0.4 is 11.1 Å². The molecule has 0 aromatic carbocycles. The molecule has 0 spiro atoms. The second kappa shape index (κ2) is 5.83. The number of nitrogens with zero attached hydrogens (tertiary/aromatic N) is 2. The molecular formula is C10H14N4O. The average Bonchev–Trinajstić information content (AvgIpc) is 2.26. The summed E-state index contributed by atoms with van der Waals surface area (Å²) in [5, 5.41) is 11.7. The summed E-state index contributed by atoms with van der Waals surface area (Å²) in [4.78, 5) is 4.04. The largest absolute Gasteiger partial charge is 0.396 e. The molecule has 80 valence electrons. The highest BCUT2D eigenvalue weighted by molar-refractivity contribution is 5.54. The summed E-state index contributed by atoms with van der Waals surface area (Å²) < 4.78 is 5.16. The number of anilines is 2. The van der Waals surface area contributed by atoms with Gasteiger partial charge in [0, 0.05) is 13.2 Å². The Kier molecular flexibility index (Phi) is 4.38. The van der Waals surface area contributed by atoms with Gasteiger partial charge in [0.05, 0.1) is 12.3 Å². The number of pyridine rings is 1. The lowest BCUT2D eigenvalue weighted by atomic mass is 10.3. The number of aromatic nitrogens is 1. The van der Waals surface area contributed by atoms with E-state index in [9.17, 15) is 0 Å². The standard InChI is InChI=1S/C10H14N4O/c1-2-15-6-5-13-10-4-3-8(12)9(7-11)14-10/h3-4H,2,5-6,12H2,1H3,(H,13,14). The van der Waals surface area contributed by atoms with Crippen molar-refractivity contribution in [3.05, 3.63) is 17.8 Å². The first-order valence-corrected chi connectivity index (χ1v) is 4.76. The summed E-state index contributed by atoms with van der Waals surface area (Å²) in [6, 6.07) is 5.33. The zero-order chi connectivity index (χ0) is 11.1. The summed E-state index contributed by atoms with van der Waals surface area (Å²) in [6.07, 6.45) is 0. The Bertz CT molecular complexity index is 359.